The fourth-order valence-corrected chi connectivity index (χ4v) is 3.29. The second-order valence-corrected chi connectivity index (χ2v) is 5.27. The molecule has 1 N–H and O–H groups in total. The third-order valence-corrected chi connectivity index (χ3v) is 4.12. The van der Waals surface area contributed by atoms with Gasteiger partial charge in [0.1, 0.15) is 0 Å². The first-order chi connectivity index (χ1) is 7.45. The molecule has 1 heterocycles. The molecule has 0 amide bonds. The van der Waals surface area contributed by atoms with Crippen LogP contribution < -0.4 is 4.72 Å². The van der Waals surface area contributed by atoms with E-state index in [1.807, 2.05) is 0 Å². The van der Waals surface area contributed by atoms with Crippen LogP contribution >= 0.6 is 0 Å². The number of hydrogen-bond donors (Lipinski definition) is 1. The summed E-state index contributed by atoms with van der Waals surface area (Å²) in [5.41, 5.74) is 0.911. The van der Waals surface area contributed by atoms with E-state index in [0.29, 0.717) is 5.56 Å². The van der Waals surface area contributed by atoms with Gasteiger partial charge in [0.05, 0.1) is 17.6 Å². The Balaban J connectivity index is 2.59. The number of hydrogen-bond acceptors (Lipinski definition) is 4. The summed E-state index contributed by atoms with van der Waals surface area (Å²) in [4.78, 5) is 11.4. The Bertz CT molecular complexity index is 550. The fraction of sp³-hybridized carbons (Fsp3) is 0.300. The van der Waals surface area contributed by atoms with E-state index in [1.54, 1.807) is 19.1 Å². The Hall–Kier alpha value is -1.40. The fourth-order valence-electron chi connectivity index (χ4n) is 1.73. The average molecular weight is 241 g/mol. The lowest BCUT2D eigenvalue weighted by atomic mass is 10.1. The van der Waals surface area contributed by atoms with Gasteiger partial charge in [0.15, 0.2) is 0 Å². The molecule has 1 unspecified atom stereocenters. The van der Waals surface area contributed by atoms with E-state index in [4.69, 9.17) is 0 Å². The van der Waals surface area contributed by atoms with E-state index in [0.717, 1.165) is 0 Å². The van der Waals surface area contributed by atoms with Gasteiger partial charge in [0.25, 0.3) is 0 Å². The van der Waals surface area contributed by atoms with Crippen molar-refractivity contribution in [1.82, 2.24) is 4.72 Å². The summed E-state index contributed by atoms with van der Waals surface area (Å²) in [6.07, 6.45) is 0. The molecule has 0 radical (unpaired) electrons. The SMILES string of the molecule is COC(=O)c1ccc2c(c1)S(=O)(=O)NC2C. The molecule has 1 aromatic rings. The first-order valence-corrected chi connectivity index (χ1v) is 6.18. The number of ether oxygens (including phenoxy) is 1. The number of rotatable bonds is 1. The molecular formula is C10H11NO4S. The molecule has 1 aliphatic rings. The maximum atomic E-state index is 11.7. The lowest BCUT2D eigenvalue weighted by Gasteiger charge is -2.03. The molecular weight excluding hydrogens is 230 g/mol. The Morgan fingerprint density at radius 2 is 2.12 bits per heavy atom. The van der Waals surface area contributed by atoms with Crippen LogP contribution in [0.3, 0.4) is 0 Å². The van der Waals surface area contributed by atoms with Gasteiger partial charge in [-0.1, -0.05) is 6.07 Å². The number of methoxy groups -OCH3 is 1. The van der Waals surface area contributed by atoms with Crippen molar-refractivity contribution in [3.05, 3.63) is 29.3 Å². The maximum Gasteiger partial charge on any atom is 0.337 e. The maximum absolute atomic E-state index is 11.7. The van der Waals surface area contributed by atoms with Crippen molar-refractivity contribution in [2.24, 2.45) is 0 Å². The van der Waals surface area contributed by atoms with Crippen molar-refractivity contribution in [2.45, 2.75) is 17.9 Å². The van der Waals surface area contributed by atoms with Gasteiger partial charge in [-0.05, 0) is 24.6 Å². The van der Waals surface area contributed by atoms with E-state index in [-0.39, 0.29) is 16.5 Å². The highest BCUT2D eigenvalue weighted by atomic mass is 32.2. The Labute approximate surface area is 93.5 Å². The number of nitrogens with one attached hydrogen (secondary N) is 1. The molecule has 0 aromatic heterocycles. The minimum absolute atomic E-state index is 0.155. The molecule has 0 bridgehead atoms. The monoisotopic (exact) mass is 241 g/mol. The van der Waals surface area contributed by atoms with Crippen molar-refractivity contribution in [2.75, 3.05) is 7.11 Å². The lowest BCUT2D eigenvalue weighted by Crippen LogP contribution is -2.17. The van der Waals surface area contributed by atoms with Crippen LogP contribution in [0.25, 0.3) is 0 Å². The third kappa shape index (κ3) is 1.60. The number of esters is 1. The average Bonchev–Trinajstić information content (AvgIpc) is 2.48. The van der Waals surface area contributed by atoms with E-state index >= 15 is 0 Å². The van der Waals surface area contributed by atoms with Crippen LogP contribution in [0.4, 0.5) is 0 Å². The Morgan fingerprint density at radius 3 is 2.75 bits per heavy atom. The van der Waals surface area contributed by atoms with Gasteiger partial charge in [0, 0.05) is 6.04 Å². The third-order valence-electron chi connectivity index (χ3n) is 2.52. The van der Waals surface area contributed by atoms with Crippen LogP contribution in [0, 0.1) is 0 Å². The minimum atomic E-state index is -3.48. The highest BCUT2D eigenvalue weighted by Gasteiger charge is 2.31. The molecule has 6 heteroatoms. The van der Waals surface area contributed by atoms with E-state index < -0.39 is 16.0 Å². The number of carbonyl (C=O) groups excluding carboxylic acids is 1. The standard InChI is InChI=1S/C10H11NO4S/c1-6-8-4-3-7(10(12)15-2)5-9(8)16(13,14)11-6/h3-6,11H,1-2H3. The van der Waals surface area contributed by atoms with Crippen LogP contribution in [-0.2, 0) is 14.8 Å². The summed E-state index contributed by atoms with van der Waals surface area (Å²) in [7, 11) is -2.22. The van der Waals surface area contributed by atoms with Crippen molar-refractivity contribution >= 4 is 16.0 Å². The first kappa shape index (κ1) is 11.1. The molecule has 1 aliphatic heterocycles. The molecule has 1 aromatic carbocycles. The van der Waals surface area contributed by atoms with Crippen molar-refractivity contribution < 1.29 is 17.9 Å². The van der Waals surface area contributed by atoms with Crippen LogP contribution in [0.5, 0.6) is 0 Å². The van der Waals surface area contributed by atoms with Gasteiger partial charge in [-0.3, -0.25) is 0 Å². The zero-order chi connectivity index (χ0) is 11.9. The summed E-state index contributed by atoms with van der Waals surface area (Å²) in [5, 5.41) is 0. The van der Waals surface area contributed by atoms with Crippen LogP contribution in [0.15, 0.2) is 23.1 Å². The predicted molar refractivity (Wildman–Crippen MR) is 56.5 cm³/mol. The van der Waals surface area contributed by atoms with Gasteiger partial charge in [-0.15, -0.1) is 0 Å². The number of carbonyl (C=O) groups is 1. The van der Waals surface area contributed by atoms with Crippen LogP contribution in [0.2, 0.25) is 0 Å². The molecule has 86 valence electrons. The number of fused-ring (bicyclic) bond motifs is 1. The summed E-state index contributed by atoms with van der Waals surface area (Å²) in [6, 6.07) is 4.27. The van der Waals surface area contributed by atoms with Gasteiger partial charge in [-0.2, -0.15) is 0 Å². The van der Waals surface area contributed by atoms with Gasteiger partial charge in [0.2, 0.25) is 10.0 Å². The zero-order valence-electron chi connectivity index (χ0n) is 8.85. The molecule has 2 rings (SSSR count). The van der Waals surface area contributed by atoms with E-state index in [1.165, 1.54) is 13.2 Å². The molecule has 0 saturated carbocycles. The smallest absolute Gasteiger partial charge is 0.337 e. The second-order valence-electron chi connectivity index (χ2n) is 3.59. The highest BCUT2D eigenvalue weighted by Crippen LogP contribution is 2.31. The molecule has 1 atom stereocenters. The molecule has 16 heavy (non-hydrogen) atoms. The minimum Gasteiger partial charge on any atom is -0.465 e. The molecule has 5 nitrogen and oxygen atoms in total. The Kier molecular flexibility index (Phi) is 2.47. The summed E-state index contributed by atoms with van der Waals surface area (Å²) in [5.74, 6) is -0.544. The number of sulfonamides is 1. The topological polar surface area (TPSA) is 72.5 Å². The summed E-state index contributed by atoms with van der Waals surface area (Å²) in [6.45, 7) is 1.75. The molecule has 0 saturated heterocycles. The van der Waals surface area contributed by atoms with Crippen LogP contribution in [-0.4, -0.2) is 21.5 Å². The predicted octanol–water partition coefficient (Wildman–Crippen LogP) is 0.826. The normalized spacial score (nSPS) is 21.5. The van der Waals surface area contributed by atoms with Crippen molar-refractivity contribution in [1.29, 1.82) is 0 Å². The van der Waals surface area contributed by atoms with Gasteiger partial charge in [-0.25, -0.2) is 17.9 Å². The van der Waals surface area contributed by atoms with E-state index in [2.05, 4.69) is 9.46 Å². The first-order valence-electron chi connectivity index (χ1n) is 4.70. The summed E-state index contributed by atoms with van der Waals surface area (Å²) >= 11 is 0. The van der Waals surface area contributed by atoms with Crippen molar-refractivity contribution in [3.8, 4) is 0 Å². The van der Waals surface area contributed by atoms with Gasteiger partial charge >= 0.3 is 5.97 Å². The number of benzene rings is 1. The lowest BCUT2D eigenvalue weighted by molar-refractivity contribution is 0.0600. The largest absolute Gasteiger partial charge is 0.465 e. The van der Waals surface area contributed by atoms with Crippen molar-refractivity contribution in [3.63, 3.8) is 0 Å². The molecule has 0 spiro atoms. The zero-order valence-corrected chi connectivity index (χ0v) is 9.67. The molecule has 0 fully saturated rings. The highest BCUT2D eigenvalue weighted by molar-refractivity contribution is 7.89. The summed E-state index contributed by atoms with van der Waals surface area (Å²) < 4.78 is 30.3. The second kappa shape index (κ2) is 3.57. The molecule has 0 aliphatic carbocycles. The van der Waals surface area contributed by atoms with Gasteiger partial charge < -0.3 is 4.74 Å². The van der Waals surface area contributed by atoms with Crippen LogP contribution in [0.1, 0.15) is 28.9 Å². The quantitative estimate of drug-likeness (QED) is 0.739. The Morgan fingerprint density at radius 1 is 1.44 bits per heavy atom. The van der Waals surface area contributed by atoms with E-state index in [9.17, 15) is 13.2 Å².